The molecule has 110 valence electrons. The van der Waals surface area contributed by atoms with Gasteiger partial charge in [0.2, 0.25) is 5.91 Å². The van der Waals surface area contributed by atoms with Gasteiger partial charge in [-0.2, -0.15) is 5.10 Å². The number of likely N-dealkylation sites (tertiary alicyclic amines) is 1. The summed E-state index contributed by atoms with van der Waals surface area (Å²) in [5.41, 5.74) is 1.88. The number of oxazole rings is 1. The second-order valence-electron chi connectivity index (χ2n) is 5.66. The summed E-state index contributed by atoms with van der Waals surface area (Å²) in [6, 6.07) is 0.378. The van der Waals surface area contributed by atoms with E-state index in [-0.39, 0.29) is 5.91 Å². The molecule has 0 unspecified atom stereocenters. The molecule has 0 radical (unpaired) electrons. The first-order valence-corrected chi connectivity index (χ1v) is 7.23. The predicted octanol–water partition coefficient (Wildman–Crippen LogP) is 1.05. The topological polar surface area (TPSA) is 67.4 Å². The minimum Gasteiger partial charge on any atom is -0.451 e. The molecule has 4 heterocycles. The molecular formula is C14H17N5O2. The maximum Gasteiger partial charge on any atom is 0.227 e. The molecule has 21 heavy (non-hydrogen) atoms. The largest absolute Gasteiger partial charge is 0.451 e. The van der Waals surface area contributed by atoms with Crippen LogP contribution in [0.25, 0.3) is 0 Å². The highest BCUT2D eigenvalue weighted by atomic mass is 16.3. The summed E-state index contributed by atoms with van der Waals surface area (Å²) in [7, 11) is 0. The predicted molar refractivity (Wildman–Crippen MR) is 74.6 cm³/mol. The number of hydrogen-bond donors (Lipinski definition) is 0. The summed E-state index contributed by atoms with van der Waals surface area (Å²) in [4.78, 5) is 20.0. The van der Waals surface area contributed by atoms with Crippen LogP contribution < -0.4 is 4.90 Å². The van der Waals surface area contributed by atoms with Crippen LogP contribution in [0.4, 0.5) is 5.69 Å². The lowest BCUT2D eigenvalue weighted by atomic mass is 10.1. The molecule has 2 aromatic heterocycles. The summed E-state index contributed by atoms with van der Waals surface area (Å²) in [5.74, 6) is 0.204. The van der Waals surface area contributed by atoms with Crippen molar-refractivity contribution in [3.63, 3.8) is 0 Å². The van der Waals surface area contributed by atoms with Gasteiger partial charge >= 0.3 is 0 Å². The van der Waals surface area contributed by atoms with Gasteiger partial charge in [-0.15, -0.1) is 0 Å². The zero-order valence-corrected chi connectivity index (χ0v) is 11.7. The summed E-state index contributed by atoms with van der Waals surface area (Å²) < 4.78 is 6.95. The van der Waals surface area contributed by atoms with E-state index in [9.17, 15) is 4.79 Å². The summed E-state index contributed by atoms with van der Waals surface area (Å²) in [5, 5.41) is 4.41. The maximum absolute atomic E-state index is 11.7. The van der Waals surface area contributed by atoms with Gasteiger partial charge in [-0.1, -0.05) is 0 Å². The smallest absolute Gasteiger partial charge is 0.227 e. The van der Waals surface area contributed by atoms with E-state index >= 15 is 0 Å². The number of carbonyl (C=O) groups is 1. The van der Waals surface area contributed by atoms with Gasteiger partial charge in [0.25, 0.3) is 0 Å². The Morgan fingerprint density at radius 3 is 3.00 bits per heavy atom. The third kappa shape index (κ3) is 2.33. The standard InChI is InChI=1S/C14H17N5O2/c20-14-2-1-3-18(14)12-4-16-19(8-12)13-6-17(7-13)5-11-9-21-10-15-11/h4,8-10,13H,1-3,5-7H2. The molecule has 2 aliphatic rings. The molecule has 2 aromatic rings. The molecule has 2 aliphatic heterocycles. The van der Waals surface area contributed by atoms with E-state index in [0.29, 0.717) is 12.5 Å². The van der Waals surface area contributed by atoms with Gasteiger partial charge in [0.05, 0.1) is 23.6 Å². The summed E-state index contributed by atoms with van der Waals surface area (Å²) in [6.45, 7) is 3.52. The number of nitrogens with zero attached hydrogens (tertiary/aromatic N) is 5. The van der Waals surface area contributed by atoms with Crippen molar-refractivity contribution in [3.8, 4) is 0 Å². The van der Waals surface area contributed by atoms with Gasteiger partial charge < -0.3 is 9.32 Å². The first-order valence-electron chi connectivity index (χ1n) is 7.23. The number of aromatic nitrogens is 3. The molecule has 2 saturated heterocycles. The van der Waals surface area contributed by atoms with Crippen LogP contribution in [-0.4, -0.2) is 45.2 Å². The fourth-order valence-corrected chi connectivity index (χ4v) is 2.97. The maximum atomic E-state index is 11.7. The molecular weight excluding hydrogens is 270 g/mol. The molecule has 7 nitrogen and oxygen atoms in total. The van der Waals surface area contributed by atoms with Gasteiger partial charge in [0.1, 0.15) is 6.26 Å². The Balaban J connectivity index is 1.36. The van der Waals surface area contributed by atoms with Gasteiger partial charge in [-0.25, -0.2) is 4.98 Å². The number of anilines is 1. The molecule has 0 bridgehead atoms. The Morgan fingerprint density at radius 2 is 2.29 bits per heavy atom. The zero-order chi connectivity index (χ0) is 14.2. The van der Waals surface area contributed by atoms with Crippen LogP contribution in [0.5, 0.6) is 0 Å². The van der Waals surface area contributed by atoms with Crippen molar-refractivity contribution in [2.45, 2.75) is 25.4 Å². The third-order valence-corrected chi connectivity index (χ3v) is 4.15. The van der Waals surface area contributed by atoms with E-state index in [0.717, 1.165) is 44.0 Å². The van der Waals surface area contributed by atoms with E-state index in [1.54, 1.807) is 12.5 Å². The van der Waals surface area contributed by atoms with Crippen LogP contribution in [-0.2, 0) is 11.3 Å². The molecule has 4 rings (SSSR count). The summed E-state index contributed by atoms with van der Waals surface area (Å²) in [6.07, 6.45) is 8.52. The molecule has 0 atom stereocenters. The molecule has 1 amide bonds. The van der Waals surface area contributed by atoms with Crippen LogP contribution in [0.1, 0.15) is 24.6 Å². The Labute approximate surface area is 122 Å². The van der Waals surface area contributed by atoms with Crippen LogP contribution >= 0.6 is 0 Å². The van der Waals surface area contributed by atoms with Crippen LogP contribution in [0.3, 0.4) is 0 Å². The van der Waals surface area contributed by atoms with Crippen LogP contribution in [0.15, 0.2) is 29.5 Å². The highest BCUT2D eigenvalue weighted by Gasteiger charge is 2.30. The molecule has 7 heteroatoms. The lowest BCUT2D eigenvalue weighted by molar-refractivity contribution is -0.117. The second kappa shape index (κ2) is 5.00. The van der Waals surface area contributed by atoms with Crippen molar-refractivity contribution in [2.24, 2.45) is 0 Å². The van der Waals surface area contributed by atoms with Crippen molar-refractivity contribution in [3.05, 3.63) is 30.7 Å². The first kappa shape index (κ1) is 12.6. The van der Waals surface area contributed by atoms with Gasteiger partial charge in [0.15, 0.2) is 6.39 Å². The fourth-order valence-electron chi connectivity index (χ4n) is 2.97. The highest BCUT2D eigenvalue weighted by Crippen LogP contribution is 2.26. The minimum absolute atomic E-state index is 0.204. The average Bonchev–Trinajstić information content (AvgIpc) is 3.14. The fraction of sp³-hybridized carbons (Fsp3) is 0.500. The van der Waals surface area contributed by atoms with E-state index in [2.05, 4.69) is 15.0 Å². The molecule has 0 saturated carbocycles. The average molecular weight is 287 g/mol. The second-order valence-corrected chi connectivity index (χ2v) is 5.66. The number of rotatable bonds is 4. The molecule has 0 aliphatic carbocycles. The lowest BCUT2D eigenvalue weighted by Crippen LogP contribution is -2.47. The normalized spacial score (nSPS) is 20.2. The van der Waals surface area contributed by atoms with Gasteiger partial charge in [0, 0.05) is 38.8 Å². The zero-order valence-electron chi connectivity index (χ0n) is 11.7. The minimum atomic E-state index is 0.204. The first-order chi connectivity index (χ1) is 10.3. The van der Waals surface area contributed by atoms with Crippen molar-refractivity contribution < 1.29 is 9.21 Å². The van der Waals surface area contributed by atoms with Crippen molar-refractivity contribution in [1.82, 2.24) is 19.7 Å². The molecule has 0 N–H and O–H groups in total. The van der Waals surface area contributed by atoms with E-state index in [1.807, 2.05) is 15.8 Å². The van der Waals surface area contributed by atoms with Gasteiger partial charge in [-0.05, 0) is 6.42 Å². The third-order valence-electron chi connectivity index (χ3n) is 4.15. The van der Waals surface area contributed by atoms with Crippen molar-refractivity contribution >= 4 is 11.6 Å². The molecule has 0 aromatic carbocycles. The Kier molecular flexibility index (Phi) is 2.99. The number of carbonyl (C=O) groups excluding carboxylic acids is 1. The Morgan fingerprint density at radius 1 is 1.38 bits per heavy atom. The van der Waals surface area contributed by atoms with Crippen LogP contribution in [0, 0.1) is 0 Å². The molecule has 2 fully saturated rings. The highest BCUT2D eigenvalue weighted by molar-refractivity contribution is 5.95. The van der Waals surface area contributed by atoms with E-state index in [4.69, 9.17) is 4.42 Å². The number of amides is 1. The SMILES string of the molecule is O=C1CCCN1c1cnn(C2CN(Cc3cocn3)C2)c1. The summed E-state index contributed by atoms with van der Waals surface area (Å²) >= 11 is 0. The van der Waals surface area contributed by atoms with Crippen molar-refractivity contribution in [2.75, 3.05) is 24.5 Å². The monoisotopic (exact) mass is 287 g/mol. The molecule has 0 spiro atoms. The van der Waals surface area contributed by atoms with Crippen molar-refractivity contribution in [1.29, 1.82) is 0 Å². The Hall–Kier alpha value is -2.15. The lowest BCUT2D eigenvalue weighted by Gasteiger charge is -2.38. The number of hydrogen-bond acceptors (Lipinski definition) is 5. The van der Waals surface area contributed by atoms with E-state index in [1.165, 1.54) is 6.39 Å². The Bertz CT molecular complexity index is 630. The van der Waals surface area contributed by atoms with Crippen LogP contribution in [0.2, 0.25) is 0 Å². The van der Waals surface area contributed by atoms with Gasteiger partial charge in [-0.3, -0.25) is 14.4 Å². The van der Waals surface area contributed by atoms with E-state index < -0.39 is 0 Å². The quantitative estimate of drug-likeness (QED) is 0.841.